The lowest BCUT2D eigenvalue weighted by atomic mass is 10.1. The molecule has 84 valence electrons. The fraction of sp³-hybridized carbons (Fsp3) is 0.273. The number of hydrogen-bond donors (Lipinski definition) is 2. The van der Waals surface area contributed by atoms with Crippen molar-refractivity contribution in [2.45, 2.75) is 19.9 Å². The van der Waals surface area contributed by atoms with Gasteiger partial charge in [-0.15, -0.1) is 0 Å². The lowest BCUT2D eigenvalue weighted by Gasteiger charge is -2.08. The molecule has 2 amide bonds. The van der Waals surface area contributed by atoms with E-state index in [0.29, 0.717) is 11.3 Å². The van der Waals surface area contributed by atoms with Crippen LogP contribution in [0, 0.1) is 10.5 Å². The minimum atomic E-state index is -0.504. The topological polar surface area (TPSA) is 58.2 Å². The van der Waals surface area contributed by atoms with Crippen LogP contribution < -0.4 is 10.6 Å². The van der Waals surface area contributed by atoms with Gasteiger partial charge in [0.05, 0.1) is 11.3 Å². The second kappa shape index (κ2) is 4.04. The molecule has 0 aromatic heterocycles. The first-order chi connectivity index (χ1) is 7.49. The predicted molar refractivity (Wildman–Crippen MR) is 69.5 cm³/mol. The number of amides is 2. The quantitative estimate of drug-likeness (QED) is 0.711. The summed E-state index contributed by atoms with van der Waals surface area (Å²) < 4.78 is 0.880. The van der Waals surface area contributed by atoms with Gasteiger partial charge in [0, 0.05) is 3.57 Å². The molecule has 1 aromatic rings. The molecule has 0 spiro atoms. The van der Waals surface area contributed by atoms with Gasteiger partial charge in [-0.3, -0.25) is 9.59 Å². The highest BCUT2D eigenvalue weighted by Gasteiger charge is 2.25. The zero-order valence-electron chi connectivity index (χ0n) is 8.93. The Kier molecular flexibility index (Phi) is 2.88. The van der Waals surface area contributed by atoms with Crippen molar-refractivity contribution in [1.29, 1.82) is 0 Å². The predicted octanol–water partition coefficient (Wildman–Crippen LogP) is 1.67. The average molecular weight is 330 g/mol. The van der Waals surface area contributed by atoms with E-state index < -0.39 is 6.04 Å². The second-order valence-electron chi connectivity index (χ2n) is 3.85. The number of carbonyl (C=O) groups excluding carboxylic acids is 2. The van der Waals surface area contributed by atoms with Gasteiger partial charge < -0.3 is 10.6 Å². The maximum atomic E-state index is 11.9. The van der Waals surface area contributed by atoms with Crippen LogP contribution in [0.2, 0.25) is 0 Å². The maximum Gasteiger partial charge on any atom is 0.254 e. The van der Waals surface area contributed by atoms with E-state index >= 15 is 0 Å². The number of fused-ring (bicyclic) bond motifs is 1. The summed E-state index contributed by atoms with van der Waals surface area (Å²) in [7, 11) is 0. The zero-order valence-corrected chi connectivity index (χ0v) is 11.1. The lowest BCUT2D eigenvalue weighted by Crippen LogP contribution is -2.38. The largest absolute Gasteiger partial charge is 0.340 e. The molecule has 2 rings (SSSR count). The van der Waals surface area contributed by atoms with Crippen molar-refractivity contribution < 1.29 is 9.59 Å². The molecule has 1 atom stereocenters. The monoisotopic (exact) mass is 330 g/mol. The number of carbonyl (C=O) groups is 2. The summed E-state index contributed by atoms with van der Waals surface area (Å²) in [4.78, 5) is 23.5. The summed E-state index contributed by atoms with van der Waals surface area (Å²) in [6, 6.07) is 3.21. The van der Waals surface area contributed by atoms with Crippen LogP contribution in [0.5, 0.6) is 0 Å². The number of halogens is 1. The molecule has 1 unspecified atom stereocenters. The number of benzene rings is 1. The molecule has 4 nitrogen and oxygen atoms in total. The van der Waals surface area contributed by atoms with E-state index in [1.807, 2.05) is 13.0 Å². The molecule has 0 saturated heterocycles. The Balaban J connectivity index is 2.60. The Morgan fingerprint density at radius 3 is 2.69 bits per heavy atom. The van der Waals surface area contributed by atoms with Crippen molar-refractivity contribution in [2.75, 3.05) is 5.32 Å². The summed E-state index contributed by atoms with van der Waals surface area (Å²) >= 11 is 2.12. The van der Waals surface area contributed by atoms with E-state index in [4.69, 9.17) is 0 Å². The van der Waals surface area contributed by atoms with Crippen molar-refractivity contribution in [3.63, 3.8) is 0 Å². The van der Waals surface area contributed by atoms with Gasteiger partial charge in [0.1, 0.15) is 6.04 Å². The Bertz CT molecular complexity index is 485. The molecule has 0 aliphatic carbocycles. The summed E-state index contributed by atoms with van der Waals surface area (Å²) in [6.45, 7) is 3.59. The van der Waals surface area contributed by atoms with Crippen molar-refractivity contribution >= 4 is 40.1 Å². The Morgan fingerprint density at radius 2 is 2.00 bits per heavy atom. The molecule has 0 bridgehead atoms. The van der Waals surface area contributed by atoms with E-state index in [-0.39, 0.29) is 11.8 Å². The molecular formula is C11H11IN2O2. The number of aryl methyl sites for hydroxylation is 1. The molecule has 16 heavy (non-hydrogen) atoms. The third kappa shape index (κ3) is 1.91. The van der Waals surface area contributed by atoms with Crippen molar-refractivity contribution in [1.82, 2.24) is 5.32 Å². The average Bonchev–Trinajstić information content (AvgIpc) is 2.29. The molecule has 5 heteroatoms. The SMILES string of the molecule is Cc1cc(I)c2c(c1)C(=O)NC(C)C(=O)N2. The molecule has 1 aliphatic heterocycles. The maximum absolute atomic E-state index is 11.9. The third-order valence-corrected chi connectivity index (χ3v) is 3.32. The Hall–Kier alpha value is -1.11. The van der Waals surface area contributed by atoms with Crippen LogP contribution >= 0.6 is 22.6 Å². The van der Waals surface area contributed by atoms with Gasteiger partial charge in [-0.1, -0.05) is 0 Å². The van der Waals surface area contributed by atoms with Gasteiger partial charge in [-0.2, -0.15) is 0 Å². The number of anilines is 1. The number of rotatable bonds is 0. The van der Waals surface area contributed by atoms with E-state index in [0.717, 1.165) is 9.13 Å². The first-order valence-corrected chi connectivity index (χ1v) is 5.99. The van der Waals surface area contributed by atoms with Crippen LogP contribution in [0.1, 0.15) is 22.8 Å². The van der Waals surface area contributed by atoms with Gasteiger partial charge in [0.15, 0.2) is 0 Å². The van der Waals surface area contributed by atoms with E-state index in [2.05, 4.69) is 33.2 Å². The third-order valence-electron chi connectivity index (χ3n) is 2.47. The van der Waals surface area contributed by atoms with Crippen LogP contribution in [-0.4, -0.2) is 17.9 Å². The van der Waals surface area contributed by atoms with Crippen LogP contribution in [0.15, 0.2) is 12.1 Å². The van der Waals surface area contributed by atoms with E-state index in [9.17, 15) is 9.59 Å². The van der Waals surface area contributed by atoms with Gasteiger partial charge in [-0.05, 0) is 54.1 Å². The van der Waals surface area contributed by atoms with Crippen LogP contribution in [0.25, 0.3) is 0 Å². The molecule has 1 aromatic carbocycles. The highest BCUT2D eigenvalue weighted by Crippen LogP contribution is 2.26. The standard InChI is InChI=1S/C11H11IN2O2/c1-5-3-7-9(8(12)4-5)14-10(15)6(2)13-11(7)16/h3-4,6H,1-2H3,(H,13,16)(H,14,15). The number of hydrogen-bond acceptors (Lipinski definition) is 2. The summed E-state index contributed by atoms with van der Waals surface area (Å²) in [5, 5.41) is 5.42. The molecule has 0 radical (unpaired) electrons. The van der Waals surface area contributed by atoms with Crippen molar-refractivity contribution in [2.24, 2.45) is 0 Å². The van der Waals surface area contributed by atoms with Crippen molar-refractivity contribution in [3.8, 4) is 0 Å². The highest BCUT2D eigenvalue weighted by molar-refractivity contribution is 14.1. The number of nitrogens with one attached hydrogen (secondary N) is 2. The van der Waals surface area contributed by atoms with Crippen molar-refractivity contribution in [3.05, 3.63) is 26.8 Å². The lowest BCUT2D eigenvalue weighted by molar-refractivity contribution is -0.117. The molecule has 0 saturated carbocycles. The summed E-state index contributed by atoms with van der Waals surface area (Å²) in [5.74, 6) is -0.392. The van der Waals surface area contributed by atoms with Gasteiger partial charge >= 0.3 is 0 Å². The smallest absolute Gasteiger partial charge is 0.254 e. The van der Waals surface area contributed by atoms with E-state index in [1.54, 1.807) is 13.0 Å². The molecule has 1 heterocycles. The molecule has 1 aliphatic rings. The van der Waals surface area contributed by atoms with Crippen LogP contribution in [-0.2, 0) is 4.79 Å². The normalized spacial score (nSPS) is 19.6. The molecule has 0 fully saturated rings. The van der Waals surface area contributed by atoms with Crippen LogP contribution in [0.3, 0.4) is 0 Å². The van der Waals surface area contributed by atoms with Gasteiger partial charge in [0.25, 0.3) is 5.91 Å². The Labute approximate surface area is 107 Å². The van der Waals surface area contributed by atoms with E-state index in [1.165, 1.54) is 0 Å². The first-order valence-electron chi connectivity index (χ1n) is 4.91. The molecular weight excluding hydrogens is 319 g/mol. The Morgan fingerprint density at radius 1 is 1.31 bits per heavy atom. The van der Waals surface area contributed by atoms with Crippen LogP contribution in [0.4, 0.5) is 5.69 Å². The minimum Gasteiger partial charge on any atom is -0.340 e. The minimum absolute atomic E-state index is 0.186. The molecule has 2 N–H and O–H groups in total. The second-order valence-corrected chi connectivity index (χ2v) is 5.02. The van der Waals surface area contributed by atoms with Gasteiger partial charge in [-0.25, -0.2) is 0 Å². The summed E-state index contributed by atoms with van der Waals surface area (Å²) in [6.07, 6.45) is 0. The fourth-order valence-corrected chi connectivity index (χ4v) is 2.54. The highest BCUT2D eigenvalue weighted by atomic mass is 127. The summed E-state index contributed by atoms with van der Waals surface area (Å²) in [5.41, 5.74) is 2.14. The zero-order chi connectivity index (χ0) is 11.9. The van der Waals surface area contributed by atoms with Gasteiger partial charge in [0.2, 0.25) is 5.91 Å². The first kappa shape index (κ1) is 11.4. The fourth-order valence-electron chi connectivity index (χ4n) is 1.62.